The van der Waals surface area contributed by atoms with Crippen molar-refractivity contribution >= 4 is 41.5 Å². The molecule has 148 valence electrons. The van der Waals surface area contributed by atoms with Crippen molar-refractivity contribution in [2.45, 2.75) is 19.9 Å². The molecule has 27 heavy (non-hydrogen) atoms. The lowest BCUT2D eigenvalue weighted by Gasteiger charge is -2.12. The lowest BCUT2D eigenvalue weighted by molar-refractivity contribution is 0.396. The first-order valence-corrected chi connectivity index (χ1v) is 8.88. The minimum absolute atomic E-state index is 0. The highest BCUT2D eigenvalue weighted by Crippen LogP contribution is 2.22. The van der Waals surface area contributed by atoms with E-state index in [4.69, 9.17) is 21.1 Å². The molecule has 1 aromatic heterocycles. The zero-order valence-electron chi connectivity index (χ0n) is 15.8. The molecule has 0 saturated heterocycles. The fourth-order valence-electron chi connectivity index (χ4n) is 2.33. The van der Waals surface area contributed by atoms with Crippen molar-refractivity contribution in [3.63, 3.8) is 0 Å². The highest BCUT2D eigenvalue weighted by Gasteiger charge is 2.04. The maximum atomic E-state index is 6.28. The van der Waals surface area contributed by atoms with Crippen LogP contribution in [-0.4, -0.2) is 38.3 Å². The molecule has 2 rings (SSSR count). The number of aromatic nitrogens is 1. The van der Waals surface area contributed by atoms with Crippen molar-refractivity contribution in [2.24, 2.45) is 4.99 Å². The number of nitrogens with one attached hydrogen (secondary N) is 2. The molecule has 6 nitrogen and oxygen atoms in total. The van der Waals surface area contributed by atoms with E-state index < -0.39 is 0 Å². The van der Waals surface area contributed by atoms with E-state index in [1.807, 2.05) is 43.3 Å². The third kappa shape index (κ3) is 7.80. The summed E-state index contributed by atoms with van der Waals surface area (Å²) in [5, 5.41) is 7.24. The molecule has 0 unspecified atom stereocenters. The van der Waals surface area contributed by atoms with E-state index in [1.165, 1.54) is 0 Å². The van der Waals surface area contributed by atoms with Crippen molar-refractivity contribution in [1.29, 1.82) is 0 Å². The second-order valence-electron chi connectivity index (χ2n) is 5.50. The predicted molar refractivity (Wildman–Crippen MR) is 121 cm³/mol. The Morgan fingerprint density at radius 2 is 1.96 bits per heavy atom. The van der Waals surface area contributed by atoms with Gasteiger partial charge in [0.15, 0.2) is 5.96 Å². The number of ether oxygens (including phenoxy) is 2. The van der Waals surface area contributed by atoms with Crippen LogP contribution in [0.1, 0.15) is 18.2 Å². The Hall–Kier alpha value is -1.74. The number of pyridine rings is 1. The topological polar surface area (TPSA) is 67.8 Å². The number of hydrogen-bond donors (Lipinski definition) is 2. The number of benzene rings is 1. The quantitative estimate of drug-likeness (QED) is 0.326. The van der Waals surface area contributed by atoms with Crippen LogP contribution in [0.25, 0.3) is 0 Å². The standard InChI is InChI=1S/C19H25ClN4O2.HI/c1-4-21-19(23-13-15-6-5-7-18(24-15)26-3)22-11-10-14-8-9-16(25-2)12-17(14)20;/h5-9,12H,4,10-11,13H2,1-3H3,(H2,21,22,23);1H. The molecule has 0 amide bonds. The monoisotopic (exact) mass is 504 g/mol. The number of nitrogens with zero attached hydrogens (tertiary/aromatic N) is 2. The lowest BCUT2D eigenvalue weighted by Crippen LogP contribution is -2.38. The maximum absolute atomic E-state index is 6.28. The second-order valence-corrected chi connectivity index (χ2v) is 5.91. The van der Waals surface area contributed by atoms with Gasteiger partial charge in [-0.05, 0) is 37.1 Å². The van der Waals surface area contributed by atoms with E-state index in [-0.39, 0.29) is 24.0 Å². The van der Waals surface area contributed by atoms with E-state index in [0.717, 1.165) is 35.9 Å². The number of methoxy groups -OCH3 is 2. The van der Waals surface area contributed by atoms with E-state index in [1.54, 1.807) is 14.2 Å². The van der Waals surface area contributed by atoms with Crippen LogP contribution in [0.15, 0.2) is 41.4 Å². The van der Waals surface area contributed by atoms with E-state index in [9.17, 15) is 0 Å². The molecule has 0 spiro atoms. The van der Waals surface area contributed by atoms with Crippen LogP contribution in [0.4, 0.5) is 0 Å². The third-order valence-electron chi connectivity index (χ3n) is 3.68. The summed E-state index contributed by atoms with van der Waals surface area (Å²) in [6, 6.07) is 11.4. The normalized spacial score (nSPS) is 10.7. The molecule has 2 aromatic rings. The minimum atomic E-state index is 0. The molecule has 1 aromatic carbocycles. The Morgan fingerprint density at radius 3 is 2.63 bits per heavy atom. The first-order chi connectivity index (χ1) is 12.7. The first-order valence-electron chi connectivity index (χ1n) is 8.50. The second kappa shape index (κ2) is 12.6. The summed E-state index contributed by atoms with van der Waals surface area (Å²) in [6.07, 6.45) is 0.782. The largest absolute Gasteiger partial charge is 0.497 e. The smallest absolute Gasteiger partial charge is 0.213 e. The average Bonchev–Trinajstić information content (AvgIpc) is 2.67. The molecular weight excluding hydrogens is 479 g/mol. The summed E-state index contributed by atoms with van der Waals surface area (Å²) in [5.41, 5.74) is 1.91. The number of halogens is 2. The highest BCUT2D eigenvalue weighted by atomic mass is 127. The molecule has 0 aliphatic heterocycles. The van der Waals surface area contributed by atoms with Crippen molar-refractivity contribution < 1.29 is 9.47 Å². The average molecular weight is 505 g/mol. The van der Waals surface area contributed by atoms with Crippen LogP contribution >= 0.6 is 35.6 Å². The van der Waals surface area contributed by atoms with Crippen molar-refractivity contribution in [3.8, 4) is 11.6 Å². The molecule has 8 heteroatoms. The van der Waals surface area contributed by atoms with Crippen LogP contribution < -0.4 is 20.1 Å². The maximum Gasteiger partial charge on any atom is 0.213 e. The molecule has 1 heterocycles. The molecular formula is C19H26ClIN4O2. The zero-order valence-corrected chi connectivity index (χ0v) is 18.9. The van der Waals surface area contributed by atoms with Gasteiger partial charge in [0.1, 0.15) is 5.75 Å². The van der Waals surface area contributed by atoms with Gasteiger partial charge in [-0.2, -0.15) is 0 Å². The van der Waals surface area contributed by atoms with Gasteiger partial charge < -0.3 is 20.1 Å². The van der Waals surface area contributed by atoms with Gasteiger partial charge >= 0.3 is 0 Å². The molecule has 0 bridgehead atoms. The van der Waals surface area contributed by atoms with Crippen LogP contribution in [0.5, 0.6) is 11.6 Å². The zero-order chi connectivity index (χ0) is 18.8. The Labute approximate surface area is 182 Å². The Balaban J connectivity index is 0.00000364. The molecule has 0 saturated carbocycles. The van der Waals surface area contributed by atoms with Gasteiger partial charge in [0.25, 0.3) is 0 Å². The Bertz CT molecular complexity index is 743. The van der Waals surface area contributed by atoms with Crippen molar-refractivity contribution in [3.05, 3.63) is 52.7 Å². The SMILES string of the molecule is CCNC(=NCc1cccc(OC)n1)NCCc1ccc(OC)cc1Cl.I. The fraction of sp³-hybridized carbons (Fsp3) is 0.368. The van der Waals surface area contributed by atoms with Gasteiger partial charge in [0.05, 0.1) is 26.5 Å². The summed E-state index contributed by atoms with van der Waals surface area (Å²) in [7, 11) is 3.23. The number of guanidine groups is 1. The van der Waals surface area contributed by atoms with Crippen LogP contribution in [0, 0.1) is 0 Å². The molecule has 0 atom stereocenters. The van der Waals surface area contributed by atoms with Gasteiger partial charge in [-0.1, -0.05) is 23.7 Å². The molecule has 0 radical (unpaired) electrons. The molecule has 0 aliphatic carbocycles. The van der Waals surface area contributed by atoms with Crippen molar-refractivity contribution in [1.82, 2.24) is 15.6 Å². The van der Waals surface area contributed by atoms with Crippen molar-refractivity contribution in [2.75, 3.05) is 27.3 Å². The van der Waals surface area contributed by atoms with Gasteiger partial charge in [0.2, 0.25) is 5.88 Å². The van der Waals surface area contributed by atoms with Crippen LogP contribution in [0.3, 0.4) is 0 Å². The van der Waals surface area contributed by atoms with Gasteiger partial charge in [-0.15, -0.1) is 24.0 Å². The van der Waals surface area contributed by atoms with Crippen LogP contribution in [0.2, 0.25) is 5.02 Å². The van der Waals surface area contributed by atoms with E-state index in [2.05, 4.69) is 20.6 Å². The number of hydrogen-bond acceptors (Lipinski definition) is 4. The predicted octanol–water partition coefficient (Wildman–Crippen LogP) is 3.67. The third-order valence-corrected chi connectivity index (χ3v) is 4.03. The summed E-state index contributed by atoms with van der Waals surface area (Å²) >= 11 is 6.28. The summed E-state index contributed by atoms with van der Waals surface area (Å²) in [5.74, 6) is 2.08. The molecule has 2 N–H and O–H groups in total. The fourth-order valence-corrected chi connectivity index (χ4v) is 2.60. The Morgan fingerprint density at radius 1 is 1.15 bits per heavy atom. The van der Waals surface area contributed by atoms with Gasteiger partial charge in [0, 0.05) is 24.2 Å². The summed E-state index contributed by atoms with van der Waals surface area (Å²) in [6.45, 7) is 3.99. The summed E-state index contributed by atoms with van der Waals surface area (Å²) in [4.78, 5) is 8.93. The highest BCUT2D eigenvalue weighted by molar-refractivity contribution is 14.0. The molecule has 0 aliphatic rings. The van der Waals surface area contributed by atoms with E-state index >= 15 is 0 Å². The number of aliphatic imine (C=N–C) groups is 1. The minimum Gasteiger partial charge on any atom is -0.497 e. The number of rotatable bonds is 8. The lowest BCUT2D eigenvalue weighted by atomic mass is 10.1. The Kier molecular flexibility index (Phi) is 10.9. The molecule has 0 fully saturated rings. The summed E-state index contributed by atoms with van der Waals surface area (Å²) < 4.78 is 10.3. The first kappa shape index (κ1) is 23.3. The van der Waals surface area contributed by atoms with Gasteiger partial charge in [-0.3, -0.25) is 0 Å². The van der Waals surface area contributed by atoms with Gasteiger partial charge in [-0.25, -0.2) is 9.98 Å². The van der Waals surface area contributed by atoms with Crippen LogP contribution in [-0.2, 0) is 13.0 Å². The van der Waals surface area contributed by atoms with E-state index in [0.29, 0.717) is 24.0 Å².